The number of aromatic nitrogens is 1. The molecule has 1 atom stereocenters. The van der Waals surface area contributed by atoms with Crippen LogP contribution in [-0.2, 0) is 10.0 Å². The second-order valence-corrected chi connectivity index (χ2v) is 8.00. The van der Waals surface area contributed by atoms with E-state index in [1.807, 2.05) is 6.92 Å². The van der Waals surface area contributed by atoms with Crippen LogP contribution in [0.15, 0.2) is 35.5 Å². The van der Waals surface area contributed by atoms with Crippen molar-refractivity contribution in [3.8, 4) is 0 Å². The fraction of sp³-hybridized carbons (Fsp3) is 0.438. The minimum Gasteiger partial charge on any atom is -0.315 e. The van der Waals surface area contributed by atoms with Crippen LogP contribution in [0, 0.1) is 10.1 Å². The number of fused-ring (bicyclic) bond motifs is 1. The predicted octanol–water partition coefficient (Wildman–Crippen LogP) is 2.75. The van der Waals surface area contributed by atoms with Crippen molar-refractivity contribution in [3.05, 3.63) is 40.7 Å². The third kappa shape index (κ3) is 4.67. The van der Waals surface area contributed by atoms with Gasteiger partial charge in [0.2, 0.25) is 10.0 Å². The van der Waals surface area contributed by atoms with Crippen LogP contribution in [0.4, 0.5) is 5.69 Å². The third-order valence-electron chi connectivity index (χ3n) is 4.44. The molecule has 0 spiro atoms. The quantitative estimate of drug-likeness (QED) is 0.585. The lowest BCUT2D eigenvalue weighted by Crippen LogP contribution is -2.46. The van der Waals surface area contributed by atoms with E-state index in [0.717, 1.165) is 13.0 Å². The maximum absolute atomic E-state index is 13.2. The molecule has 1 saturated heterocycles. The van der Waals surface area contributed by atoms with E-state index < -0.39 is 14.9 Å². The first-order valence-electron chi connectivity index (χ1n) is 8.16. The molecule has 1 aliphatic heterocycles. The molecule has 1 unspecified atom stereocenters. The molecule has 1 aliphatic rings. The van der Waals surface area contributed by atoms with E-state index in [-0.39, 0.29) is 46.8 Å². The highest BCUT2D eigenvalue weighted by molar-refractivity contribution is 7.89. The Hall–Kier alpha value is -1.52. The molecule has 11 heteroatoms. The van der Waals surface area contributed by atoms with Gasteiger partial charge < -0.3 is 5.32 Å². The van der Waals surface area contributed by atoms with Gasteiger partial charge in [-0.05, 0) is 38.4 Å². The van der Waals surface area contributed by atoms with E-state index in [4.69, 9.17) is 0 Å². The van der Waals surface area contributed by atoms with Gasteiger partial charge in [-0.3, -0.25) is 15.1 Å². The van der Waals surface area contributed by atoms with E-state index in [1.165, 1.54) is 28.8 Å². The van der Waals surface area contributed by atoms with Gasteiger partial charge in [0, 0.05) is 36.9 Å². The number of halogens is 2. The Bertz CT molecular complexity index is 910. The molecule has 0 aliphatic carbocycles. The summed E-state index contributed by atoms with van der Waals surface area (Å²) in [6.07, 6.45) is 4.49. The number of nitrogens with zero attached hydrogens (tertiary/aromatic N) is 3. The second-order valence-electron chi connectivity index (χ2n) is 6.14. The van der Waals surface area contributed by atoms with Crippen molar-refractivity contribution < 1.29 is 13.3 Å². The van der Waals surface area contributed by atoms with E-state index >= 15 is 0 Å². The average molecular weight is 437 g/mol. The lowest BCUT2D eigenvalue weighted by molar-refractivity contribution is -0.386. The molecule has 150 valence electrons. The van der Waals surface area contributed by atoms with Gasteiger partial charge in [-0.25, -0.2) is 8.42 Å². The smallest absolute Gasteiger partial charge is 0.297 e. The Morgan fingerprint density at radius 2 is 2.00 bits per heavy atom. The maximum Gasteiger partial charge on any atom is 0.297 e. The van der Waals surface area contributed by atoms with Crippen molar-refractivity contribution in [2.45, 2.75) is 30.7 Å². The second kappa shape index (κ2) is 9.61. The first-order valence-corrected chi connectivity index (χ1v) is 9.60. The number of nitrogens with one attached hydrogen (secondary N) is 1. The number of nitro benzene ring substituents is 1. The fourth-order valence-electron chi connectivity index (χ4n) is 3.16. The Morgan fingerprint density at radius 1 is 1.26 bits per heavy atom. The summed E-state index contributed by atoms with van der Waals surface area (Å²) in [6, 6.07) is 4.08. The molecule has 3 rings (SSSR count). The summed E-state index contributed by atoms with van der Waals surface area (Å²) in [5.74, 6) is 0. The minimum atomic E-state index is -3.99. The van der Waals surface area contributed by atoms with Gasteiger partial charge in [0.15, 0.2) is 4.90 Å². The summed E-state index contributed by atoms with van der Waals surface area (Å²) in [5.41, 5.74) is -0.387. The summed E-state index contributed by atoms with van der Waals surface area (Å²) in [7, 11) is -3.99. The third-order valence-corrected chi connectivity index (χ3v) is 6.48. The van der Waals surface area contributed by atoms with Crippen LogP contribution in [-0.4, -0.2) is 48.3 Å². The van der Waals surface area contributed by atoms with Crippen LogP contribution in [0.25, 0.3) is 10.8 Å². The molecular formula is C16H22Cl2N4O4S. The van der Waals surface area contributed by atoms with Crippen LogP contribution < -0.4 is 5.32 Å². The standard InChI is InChI=1S/C16H20N4O4S.2ClH/c1-12-10-17-7-2-3-9-19(12)25(23,24)15-5-4-13-11-18-8-6-14(13)16(15)20(21)22;;/h4-6,8,11-12,17H,2-3,7,9-10H2,1H3;2*1H. The fourth-order valence-corrected chi connectivity index (χ4v) is 5.00. The van der Waals surface area contributed by atoms with E-state index in [1.54, 1.807) is 6.07 Å². The van der Waals surface area contributed by atoms with Gasteiger partial charge in [-0.1, -0.05) is 6.07 Å². The summed E-state index contributed by atoms with van der Waals surface area (Å²) in [5, 5.41) is 15.7. The summed E-state index contributed by atoms with van der Waals surface area (Å²) < 4.78 is 27.8. The van der Waals surface area contributed by atoms with Crippen LogP contribution in [0.3, 0.4) is 0 Å². The maximum atomic E-state index is 13.2. The minimum absolute atomic E-state index is 0. The molecule has 0 bridgehead atoms. The highest BCUT2D eigenvalue weighted by atomic mass is 35.5. The van der Waals surface area contributed by atoms with Crippen LogP contribution in [0.1, 0.15) is 19.8 Å². The molecule has 2 heterocycles. The molecule has 27 heavy (non-hydrogen) atoms. The number of nitro groups is 1. The highest BCUT2D eigenvalue weighted by Gasteiger charge is 2.35. The molecule has 2 aromatic rings. The summed E-state index contributed by atoms with van der Waals surface area (Å²) >= 11 is 0. The average Bonchev–Trinajstić information content (AvgIpc) is 2.56. The summed E-state index contributed by atoms with van der Waals surface area (Å²) in [6.45, 7) is 3.54. The number of hydrogen-bond donors (Lipinski definition) is 1. The van der Waals surface area contributed by atoms with Crippen molar-refractivity contribution in [1.29, 1.82) is 0 Å². The molecule has 0 amide bonds. The van der Waals surface area contributed by atoms with Gasteiger partial charge in [0.1, 0.15) is 0 Å². The predicted molar refractivity (Wildman–Crippen MR) is 108 cm³/mol. The molecule has 0 saturated carbocycles. The first-order chi connectivity index (χ1) is 11.9. The molecule has 0 radical (unpaired) electrons. The normalized spacial score (nSPS) is 18.6. The molecule has 8 nitrogen and oxygen atoms in total. The van der Waals surface area contributed by atoms with Gasteiger partial charge in [0.05, 0.1) is 10.3 Å². The van der Waals surface area contributed by atoms with Crippen molar-refractivity contribution in [3.63, 3.8) is 0 Å². The zero-order valence-electron chi connectivity index (χ0n) is 14.7. The van der Waals surface area contributed by atoms with Crippen molar-refractivity contribution in [2.24, 2.45) is 0 Å². The van der Waals surface area contributed by atoms with Crippen molar-refractivity contribution >= 4 is 51.3 Å². The molecule has 1 aromatic carbocycles. The number of rotatable bonds is 3. The lowest BCUT2D eigenvalue weighted by Gasteiger charge is -2.30. The topological polar surface area (TPSA) is 105 Å². The Balaban J connectivity index is 0.00000182. The number of sulfonamides is 1. The largest absolute Gasteiger partial charge is 0.315 e. The van der Waals surface area contributed by atoms with Crippen molar-refractivity contribution in [1.82, 2.24) is 14.6 Å². The SMILES string of the molecule is CC1CNCCCCN1S(=O)(=O)c1ccc2cnccc2c1[N+](=O)[O-].Cl.Cl. The number of benzene rings is 1. The zero-order chi connectivity index (χ0) is 18.0. The molecule has 1 N–H and O–H groups in total. The van der Waals surface area contributed by atoms with Crippen molar-refractivity contribution in [2.75, 3.05) is 19.6 Å². The number of hydrogen-bond acceptors (Lipinski definition) is 6. The Labute approximate surface area is 170 Å². The zero-order valence-corrected chi connectivity index (χ0v) is 17.1. The van der Waals surface area contributed by atoms with E-state index in [9.17, 15) is 18.5 Å². The van der Waals surface area contributed by atoms with Gasteiger partial charge >= 0.3 is 0 Å². The van der Waals surface area contributed by atoms with Crippen LogP contribution >= 0.6 is 24.8 Å². The highest BCUT2D eigenvalue weighted by Crippen LogP contribution is 2.34. The Kier molecular flexibility index (Phi) is 8.37. The molecular weight excluding hydrogens is 415 g/mol. The van der Waals surface area contributed by atoms with Crippen LogP contribution in [0.2, 0.25) is 0 Å². The number of pyridine rings is 1. The van der Waals surface area contributed by atoms with Crippen LogP contribution in [0.5, 0.6) is 0 Å². The molecule has 1 fully saturated rings. The molecule has 1 aromatic heterocycles. The van der Waals surface area contributed by atoms with Gasteiger partial charge in [0.25, 0.3) is 5.69 Å². The first kappa shape index (κ1) is 23.5. The van der Waals surface area contributed by atoms with E-state index in [2.05, 4.69) is 10.3 Å². The monoisotopic (exact) mass is 436 g/mol. The van der Waals surface area contributed by atoms with E-state index in [0.29, 0.717) is 24.9 Å². The summed E-state index contributed by atoms with van der Waals surface area (Å²) in [4.78, 5) is 14.7. The Morgan fingerprint density at radius 3 is 2.70 bits per heavy atom. The lowest BCUT2D eigenvalue weighted by atomic mass is 10.1. The van der Waals surface area contributed by atoms with Gasteiger partial charge in [-0.2, -0.15) is 4.31 Å². The van der Waals surface area contributed by atoms with Gasteiger partial charge in [-0.15, -0.1) is 24.8 Å².